The lowest BCUT2D eigenvalue weighted by molar-refractivity contribution is 0.0998. The topological polar surface area (TPSA) is 88.8 Å². The van der Waals surface area contributed by atoms with E-state index in [-0.39, 0.29) is 16.4 Å². The Bertz CT molecular complexity index is 1140. The van der Waals surface area contributed by atoms with E-state index in [0.717, 1.165) is 14.2 Å². The predicted molar refractivity (Wildman–Crippen MR) is 110 cm³/mol. The number of fused-ring (bicyclic) bond motifs is 1. The molecule has 3 aromatic rings. The largest absolute Gasteiger partial charge is 0.492 e. The van der Waals surface area contributed by atoms with Gasteiger partial charge in [-0.3, -0.25) is 4.79 Å². The normalized spacial score (nSPS) is 11.8. The minimum Gasteiger partial charge on any atom is -0.492 e. The smallest absolute Gasteiger partial charge is 0.291 e. The average molecular weight is 467 g/mol. The van der Waals surface area contributed by atoms with Crippen LogP contribution in [0.4, 0.5) is 5.69 Å². The predicted octanol–water partition coefficient (Wildman–Crippen LogP) is 4.10. The fraction of sp³-hybridized carbons (Fsp3) is 0.211. The van der Waals surface area contributed by atoms with Gasteiger partial charge in [0.05, 0.1) is 6.61 Å². The van der Waals surface area contributed by atoms with Gasteiger partial charge >= 0.3 is 0 Å². The number of nitrogens with zero attached hydrogens (tertiary/aromatic N) is 1. The average Bonchev–Trinajstić information content (AvgIpc) is 3.06. The summed E-state index contributed by atoms with van der Waals surface area (Å²) < 4.78 is 38.2. The maximum atomic E-state index is 12.6. The Labute approximate surface area is 171 Å². The fourth-order valence-corrected chi connectivity index (χ4v) is 4.01. The van der Waals surface area contributed by atoms with Crippen molar-refractivity contribution in [3.05, 3.63) is 52.7 Å². The highest BCUT2D eigenvalue weighted by atomic mass is 79.9. The Kier molecular flexibility index (Phi) is 5.78. The van der Waals surface area contributed by atoms with Crippen molar-refractivity contribution >= 4 is 48.5 Å². The quantitative estimate of drug-likeness (QED) is 0.590. The number of halogens is 1. The molecular formula is C19H19BrN2O5S. The van der Waals surface area contributed by atoms with Crippen LogP contribution >= 0.6 is 15.9 Å². The second-order valence-electron chi connectivity index (χ2n) is 6.13. The fourth-order valence-electron chi connectivity index (χ4n) is 2.58. The van der Waals surface area contributed by atoms with Gasteiger partial charge in [0, 0.05) is 29.6 Å². The maximum absolute atomic E-state index is 12.6. The number of carbonyl (C=O) groups is 1. The monoisotopic (exact) mass is 466 g/mol. The lowest BCUT2D eigenvalue weighted by Gasteiger charge is -2.16. The first-order chi connectivity index (χ1) is 13.2. The highest BCUT2D eigenvalue weighted by Gasteiger charge is 2.23. The zero-order chi connectivity index (χ0) is 20.5. The van der Waals surface area contributed by atoms with E-state index in [1.807, 2.05) is 12.1 Å². The molecule has 9 heteroatoms. The Morgan fingerprint density at radius 1 is 1.18 bits per heavy atom. The summed E-state index contributed by atoms with van der Waals surface area (Å²) in [6, 6.07) is 11.5. The molecule has 0 saturated heterocycles. The summed E-state index contributed by atoms with van der Waals surface area (Å²) in [5, 5.41) is 3.45. The van der Waals surface area contributed by atoms with E-state index < -0.39 is 15.9 Å². The lowest BCUT2D eigenvalue weighted by atomic mass is 10.2. The number of carbonyl (C=O) groups excluding carboxylic acids is 1. The molecule has 1 N–H and O–H groups in total. The van der Waals surface area contributed by atoms with Crippen LogP contribution in [0.25, 0.3) is 11.0 Å². The standard InChI is InChI=1S/C19H19BrN2O5S/c1-4-26-16-8-6-14(11-18(16)28(24,25)22(2)3)21-19(23)17-10-12-9-13(20)5-7-15(12)27-17/h5-11H,4H2,1-3H3,(H,21,23). The van der Waals surface area contributed by atoms with E-state index in [4.69, 9.17) is 9.15 Å². The van der Waals surface area contributed by atoms with Gasteiger partial charge in [-0.1, -0.05) is 15.9 Å². The molecule has 0 aliphatic rings. The van der Waals surface area contributed by atoms with E-state index in [9.17, 15) is 13.2 Å². The molecule has 0 spiro atoms. The van der Waals surface area contributed by atoms with Gasteiger partial charge in [0.25, 0.3) is 5.91 Å². The van der Waals surface area contributed by atoms with Crippen LogP contribution in [0.5, 0.6) is 5.75 Å². The minimum atomic E-state index is -3.75. The van der Waals surface area contributed by atoms with Crippen LogP contribution in [0, 0.1) is 0 Å². The van der Waals surface area contributed by atoms with Crippen LogP contribution in [-0.4, -0.2) is 39.3 Å². The number of nitrogens with one attached hydrogen (secondary N) is 1. The van der Waals surface area contributed by atoms with Crippen molar-refractivity contribution in [3.63, 3.8) is 0 Å². The Balaban J connectivity index is 1.93. The van der Waals surface area contributed by atoms with Crippen molar-refractivity contribution in [2.24, 2.45) is 0 Å². The number of hydrogen-bond donors (Lipinski definition) is 1. The van der Waals surface area contributed by atoms with Crippen LogP contribution in [-0.2, 0) is 10.0 Å². The molecule has 0 aliphatic heterocycles. The van der Waals surface area contributed by atoms with Crippen LogP contribution in [0.15, 0.2) is 56.2 Å². The molecular weight excluding hydrogens is 448 g/mol. The van der Waals surface area contributed by atoms with E-state index in [1.54, 1.807) is 25.1 Å². The molecule has 0 saturated carbocycles. The van der Waals surface area contributed by atoms with Gasteiger partial charge in [0.15, 0.2) is 5.76 Å². The summed E-state index contributed by atoms with van der Waals surface area (Å²) in [4.78, 5) is 12.5. The third-order valence-corrected chi connectivity index (χ3v) is 6.29. The van der Waals surface area contributed by atoms with Gasteiger partial charge < -0.3 is 14.5 Å². The van der Waals surface area contributed by atoms with Crippen molar-refractivity contribution < 1.29 is 22.4 Å². The molecule has 28 heavy (non-hydrogen) atoms. The van der Waals surface area contributed by atoms with Crippen molar-refractivity contribution in [1.29, 1.82) is 0 Å². The van der Waals surface area contributed by atoms with Crippen LogP contribution in [0.2, 0.25) is 0 Å². The maximum Gasteiger partial charge on any atom is 0.291 e. The minimum absolute atomic E-state index is 0.0225. The number of rotatable bonds is 6. The third-order valence-electron chi connectivity index (χ3n) is 3.96. The molecule has 2 aromatic carbocycles. The van der Waals surface area contributed by atoms with Gasteiger partial charge in [-0.25, -0.2) is 12.7 Å². The number of hydrogen-bond acceptors (Lipinski definition) is 5. The van der Waals surface area contributed by atoms with Crippen molar-refractivity contribution in [2.75, 3.05) is 26.0 Å². The molecule has 3 rings (SSSR count). The van der Waals surface area contributed by atoms with E-state index in [1.165, 1.54) is 26.2 Å². The second kappa shape index (κ2) is 7.94. The van der Waals surface area contributed by atoms with Crippen molar-refractivity contribution in [1.82, 2.24) is 4.31 Å². The summed E-state index contributed by atoms with van der Waals surface area (Å²) in [6.07, 6.45) is 0. The number of ether oxygens (including phenoxy) is 1. The summed E-state index contributed by atoms with van der Waals surface area (Å²) in [5.74, 6) is -0.133. The summed E-state index contributed by atoms with van der Waals surface area (Å²) in [6.45, 7) is 2.08. The molecule has 0 bridgehead atoms. The van der Waals surface area contributed by atoms with Crippen LogP contribution < -0.4 is 10.1 Å². The van der Waals surface area contributed by atoms with Gasteiger partial charge in [-0.05, 0) is 49.4 Å². The van der Waals surface area contributed by atoms with E-state index in [2.05, 4.69) is 21.2 Å². The highest BCUT2D eigenvalue weighted by molar-refractivity contribution is 9.10. The first-order valence-corrected chi connectivity index (χ1v) is 10.7. The first kappa shape index (κ1) is 20.4. The first-order valence-electron chi connectivity index (χ1n) is 8.42. The Hall–Kier alpha value is -2.36. The van der Waals surface area contributed by atoms with Crippen molar-refractivity contribution in [2.45, 2.75) is 11.8 Å². The molecule has 7 nitrogen and oxygen atoms in total. The third kappa shape index (κ3) is 4.06. The second-order valence-corrected chi connectivity index (χ2v) is 9.16. The van der Waals surface area contributed by atoms with Crippen molar-refractivity contribution in [3.8, 4) is 5.75 Å². The molecule has 1 heterocycles. The van der Waals surface area contributed by atoms with E-state index >= 15 is 0 Å². The van der Waals surface area contributed by atoms with Gasteiger partial charge in [-0.15, -0.1) is 0 Å². The molecule has 148 valence electrons. The summed E-state index contributed by atoms with van der Waals surface area (Å²) in [5.41, 5.74) is 0.895. The number of anilines is 1. The molecule has 1 aromatic heterocycles. The number of furan rings is 1. The van der Waals surface area contributed by atoms with Gasteiger partial charge in [0.1, 0.15) is 16.2 Å². The molecule has 0 radical (unpaired) electrons. The Morgan fingerprint density at radius 2 is 1.93 bits per heavy atom. The lowest BCUT2D eigenvalue weighted by Crippen LogP contribution is -2.23. The molecule has 1 amide bonds. The summed E-state index contributed by atoms with van der Waals surface area (Å²) >= 11 is 3.38. The number of amides is 1. The molecule has 0 unspecified atom stereocenters. The number of benzene rings is 2. The molecule has 0 atom stereocenters. The van der Waals surface area contributed by atoms with Crippen LogP contribution in [0.1, 0.15) is 17.5 Å². The molecule has 0 aliphatic carbocycles. The summed E-state index contributed by atoms with van der Waals surface area (Å²) in [7, 11) is -0.883. The SMILES string of the molecule is CCOc1ccc(NC(=O)c2cc3cc(Br)ccc3o2)cc1S(=O)(=O)N(C)C. The van der Waals surface area contributed by atoms with Gasteiger partial charge in [0.2, 0.25) is 10.0 Å². The Morgan fingerprint density at radius 3 is 2.61 bits per heavy atom. The zero-order valence-electron chi connectivity index (χ0n) is 15.5. The highest BCUT2D eigenvalue weighted by Crippen LogP contribution is 2.30. The van der Waals surface area contributed by atoms with E-state index in [0.29, 0.717) is 17.9 Å². The zero-order valence-corrected chi connectivity index (χ0v) is 17.9. The van der Waals surface area contributed by atoms with Crippen LogP contribution in [0.3, 0.4) is 0 Å². The number of sulfonamides is 1. The van der Waals surface area contributed by atoms with Gasteiger partial charge in [-0.2, -0.15) is 0 Å². The molecule has 0 fully saturated rings.